The van der Waals surface area contributed by atoms with Crippen LogP contribution in [0.15, 0.2) is 0 Å². The molecule has 0 amide bonds. The molecule has 3 heteroatoms. The van der Waals surface area contributed by atoms with Gasteiger partial charge in [-0.1, -0.05) is 13.8 Å². The van der Waals surface area contributed by atoms with Crippen LogP contribution in [0.4, 0.5) is 0 Å². The SMILES string of the molecule is [CH2-]NC(C)C.[CH2-]O.[V+2]. The van der Waals surface area contributed by atoms with Crippen LogP contribution in [0.3, 0.4) is 0 Å². The van der Waals surface area contributed by atoms with Gasteiger partial charge in [-0.25, -0.2) is 7.11 Å². The minimum absolute atomic E-state index is 0. The van der Waals surface area contributed by atoms with Crippen molar-refractivity contribution in [3.8, 4) is 0 Å². The van der Waals surface area contributed by atoms with Crippen LogP contribution in [0.25, 0.3) is 0 Å². The molecule has 2 nitrogen and oxygen atoms in total. The molecule has 0 spiro atoms. The van der Waals surface area contributed by atoms with E-state index in [2.05, 4.69) is 19.5 Å². The van der Waals surface area contributed by atoms with E-state index in [1.165, 1.54) is 0 Å². The van der Waals surface area contributed by atoms with Crippen molar-refractivity contribution >= 4 is 0 Å². The molecular formula is C5H13NOV. The van der Waals surface area contributed by atoms with Crippen molar-refractivity contribution in [2.24, 2.45) is 0 Å². The molecule has 0 heterocycles. The largest absolute Gasteiger partial charge is 2.00 e. The minimum atomic E-state index is 0. The molecular weight excluding hydrogens is 141 g/mol. The Kier molecular flexibility index (Phi) is 30.9. The standard InChI is InChI=1S/C4H10N.CH3O.V/c1-4(2)5-3;1-2;/h4-5H,3H2,1-2H3;2H,1H2;/q2*-1;+2. The summed E-state index contributed by atoms with van der Waals surface area (Å²) in [5.41, 5.74) is 0. The van der Waals surface area contributed by atoms with Crippen molar-refractivity contribution in [2.75, 3.05) is 0 Å². The van der Waals surface area contributed by atoms with E-state index < -0.39 is 0 Å². The fraction of sp³-hybridized carbons (Fsp3) is 0.600. The number of nitrogens with one attached hydrogen (secondary N) is 1. The first-order chi connectivity index (χ1) is 3.27. The first kappa shape index (κ1) is 15.8. The molecule has 1 radical (unpaired) electrons. The van der Waals surface area contributed by atoms with Gasteiger partial charge >= 0.3 is 18.6 Å². The Morgan fingerprint density at radius 2 is 1.50 bits per heavy atom. The number of hydrogen-bond acceptors (Lipinski definition) is 2. The zero-order valence-electron chi connectivity index (χ0n) is 5.39. The summed E-state index contributed by atoms with van der Waals surface area (Å²) in [7, 11) is 5.69. The molecule has 0 aliphatic heterocycles. The number of aliphatic hydroxyl groups is 1. The summed E-state index contributed by atoms with van der Waals surface area (Å²) in [5, 5.41) is 9.53. The van der Waals surface area contributed by atoms with Gasteiger partial charge in [0.1, 0.15) is 0 Å². The van der Waals surface area contributed by atoms with Crippen LogP contribution in [0, 0.1) is 14.2 Å². The minimum Gasteiger partial charge on any atom is -0.569 e. The third kappa shape index (κ3) is 31.4. The Morgan fingerprint density at radius 3 is 1.50 bits per heavy atom. The van der Waals surface area contributed by atoms with E-state index in [1.54, 1.807) is 0 Å². The summed E-state index contributed by atoms with van der Waals surface area (Å²) >= 11 is 0. The van der Waals surface area contributed by atoms with Gasteiger partial charge in [0.05, 0.1) is 0 Å². The first-order valence-electron chi connectivity index (χ1n) is 2.11. The van der Waals surface area contributed by atoms with Crippen molar-refractivity contribution in [1.29, 1.82) is 0 Å². The maximum atomic E-state index is 6.75. The third-order valence-electron chi connectivity index (χ3n) is 0.408. The second-order valence-corrected chi connectivity index (χ2v) is 1.36. The Labute approximate surface area is 63.6 Å². The maximum Gasteiger partial charge on any atom is 2.00 e. The summed E-state index contributed by atoms with van der Waals surface area (Å²) in [4.78, 5) is 0. The normalized spacial score (nSPS) is 6.75. The molecule has 0 unspecified atom stereocenters. The molecule has 0 aromatic rings. The van der Waals surface area contributed by atoms with Gasteiger partial charge in [-0.05, 0) is 6.04 Å². The van der Waals surface area contributed by atoms with Gasteiger partial charge in [-0.15, -0.1) is 0 Å². The Bertz CT molecular complexity index is 26.4. The molecule has 2 N–H and O–H groups in total. The molecule has 0 aliphatic rings. The molecule has 8 heavy (non-hydrogen) atoms. The first-order valence-corrected chi connectivity index (χ1v) is 2.11. The van der Waals surface area contributed by atoms with Gasteiger partial charge in [-0.3, -0.25) is 7.05 Å². The molecule has 0 aromatic carbocycles. The third-order valence-corrected chi connectivity index (χ3v) is 0.408. The Morgan fingerprint density at radius 1 is 1.38 bits per heavy atom. The molecule has 0 bridgehead atoms. The summed E-state index contributed by atoms with van der Waals surface area (Å²) in [6.07, 6.45) is 0. The smallest absolute Gasteiger partial charge is 0.569 e. The molecule has 0 atom stereocenters. The second-order valence-electron chi connectivity index (χ2n) is 1.36. The Balaban J connectivity index is -0.0000000750. The molecule has 0 aromatic heterocycles. The van der Waals surface area contributed by atoms with E-state index >= 15 is 0 Å². The average molecular weight is 154 g/mol. The van der Waals surface area contributed by atoms with Crippen LogP contribution in [-0.4, -0.2) is 11.1 Å². The summed E-state index contributed by atoms with van der Waals surface area (Å²) < 4.78 is 0. The van der Waals surface area contributed by atoms with Crippen molar-refractivity contribution < 1.29 is 23.7 Å². The van der Waals surface area contributed by atoms with Gasteiger partial charge in [0.25, 0.3) is 0 Å². The Hall–Kier alpha value is 0.504. The average Bonchev–Trinajstić information content (AvgIpc) is 1.73. The topological polar surface area (TPSA) is 32.3 Å². The molecule has 0 aliphatic carbocycles. The van der Waals surface area contributed by atoms with Crippen molar-refractivity contribution in [1.82, 2.24) is 5.32 Å². The molecule has 0 saturated heterocycles. The number of aliphatic hydroxyl groups excluding tert-OH is 1. The van der Waals surface area contributed by atoms with Crippen LogP contribution in [-0.2, 0) is 18.6 Å². The van der Waals surface area contributed by atoms with Crippen molar-refractivity contribution in [3.05, 3.63) is 14.2 Å². The van der Waals surface area contributed by atoms with Crippen LogP contribution < -0.4 is 5.32 Å². The van der Waals surface area contributed by atoms with E-state index in [0.717, 1.165) is 0 Å². The molecule has 0 rings (SSSR count). The van der Waals surface area contributed by atoms with Crippen LogP contribution in [0.2, 0.25) is 0 Å². The predicted octanol–water partition coefficient (Wildman–Crippen LogP) is 0.924. The molecule has 0 saturated carbocycles. The number of hydrogen-bond donors (Lipinski definition) is 2. The summed E-state index contributed by atoms with van der Waals surface area (Å²) in [6.45, 7) is 4.10. The van der Waals surface area contributed by atoms with E-state index in [1.807, 2.05) is 13.8 Å². The zero-order chi connectivity index (χ0) is 6.28. The van der Waals surface area contributed by atoms with Crippen LogP contribution in [0.5, 0.6) is 0 Å². The fourth-order valence-electron chi connectivity index (χ4n) is 0. The van der Waals surface area contributed by atoms with Crippen LogP contribution in [0.1, 0.15) is 13.8 Å². The van der Waals surface area contributed by atoms with Crippen molar-refractivity contribution in [3.63, 3.8) is 0 Å². The van der Waals surface area contributed by atoms with Gasteiger partial charge in [0.15, 0.2) is 0 Å². The van der Waals surface area contributed by atoms with E-state index in [9.17, 15) is 0 Å². The molecule has 49 valence electrons. The maximum absolute atomic E-state index is 6.75. The van der Waals surface area contributed by atoms with E-state index in [-0.39, 0.29) is 18.6 Å². The van der Waals surface area contributed by atoms with E-state index in [0.29, 0.717) is 6.04 Å². The zero-order valence-corrected chi connectivity index (χ0v) is 6.78. The molecule has 0 fully saturated rings. The van der Waals surface area contributed by atoms with Gasteiger partial charge in [0, 0.05) is 0 Å². The quantitative estimate of drug-likeness (QED) is 0.550. The van der Waals surface area contributed by atoms with Crippen molar-refractivity contribution in [2.45, 2.75) is 19.9 Å². The second kappa shape index (κ2) is 15.6. The fourth-order valence-corrected chi connectivity index (χ4v) is 0. The predicted molar refractivity (Wildman–Crippen MR) is 30.9 cm³/mol. The van der Waals surface area contributed by atoms with Gasteiger partial charge < -0.3 is 10.4 Å². The summed E-state index contributed by atoms with van der Waals surface area (Å²) in [6, 6.07) is 0.523. The van der Waals surface area contributed by atoms with Gasteiger partial charge in [0.2, 0.25) is 0 Å². The summed E-state index contributed by atoms with van der Waals surface area (Å²) in [5.74, 6) is 0. The van der Waals surface area contributed by atoms with E-state index in [4.69, 9.17) is 5.11 Å². The number of rotatable bonds is 1. The monoisotopic (exact) mass is 154 g/mol. The van der Waals surface area contributed by atoms with Gasteiger partial charge in [-0.2, -0.15) is 0 Å². The van der Waals surface area contributed by atoms with Crippen LogP contribution >= 0.6 is 0 Å².